The maximum atomic E-state index is 5.41. The van der Waals surface area contributed by atoms with Gasteiger partial charge in [0.1, 0.15) is 0 Å². The molecule has 0 saturated carbocycles. The van der Waals surface area contributed by atoms with Crippen LogP contribution in [-0.2, 0) is 4.74 Å². The van der Waals surface area contributed by atoms with Gasteiger partial charge in [-0.15, -0.1) is 0 Å². The van der Waals surface area contributed by atoms with Gasteiger partial charge in [0.2, 0.25) is 0 Å². The molecule has 0 bridgehead atoms. The van der Waals surface area contributed by atoms with Gasteiger partial charge in [0.25, 0.3) is 0 Å². The van der Waals surface area contributed by atoms with Gasteiger partial charge in [-0.25, -0.2) is 0 Å². The SMILES string of the molecule is C=C(C)C=CCC1(C)OC1C. The normalized spacial score (nSPS) is 36.1. The van der Waals surface area contributed by atoms with Crippen LogP contribution in [0, 0.1) is 0 Å². The van der Waals surface area contributed by atoms with Crippen molar-refractivity contribution in [3.05, 3.63) is 24.3 Å². The fourth-order valence-electron chi connectivity index (χ4n) is 1.08. The Morgan fingerprint density at radius 2 is 2.27 bits per heavy atom. The zero-order valence-electron chi connectivity index (χ0n) is 7.55. The summed E-state index contributed by atoms with van der Waals surface area (Å²) in [7, 11) is 0. The molecule has 2 unspecified atom stereocenters. The molecule has 1 fully saturated rings. The Morgan fingerprint density at radius 3 is 2.64 bits per heavy atom. The van der Waals surface area contributed by atoms with Crippen molar-refractivity contribution >= 4 is 0 Å². The highest BCUT2D eigenvalue weighted by molar-refractivity contribution is 5.13. The van der Waals surface area contributed by atoms with Crippen molar-refractivity contribution in [1.29, 1.82) is 0 Å². The summed E-state index contributed by atoms with van der Waals surface area (Å²) in [6.45, 7) is 10.0. The van der Waals surface area contributed by atoms with Crippen LogP contribution in [0.15, 0.2) is 24.3 Å². The molecular formula is C10H16O. The molecule has 11 heavy (non-hydrogen) atoms. The minimum absolute atomic E-state index is 0.117. The van der Waals surface area contributed by atoms with Gasteiger partial charge in [0, 0.05) is 0 Å². The Kier molecular flexibility index (Phi) is 2.19. The largest absolute Gasteiger partial charge is 0.366 e. The average Bonchev–Trinajstić information content (AvgIpc) is 2.39. The average molecular weight is 152 g/mol. The number of rotatable bonds is 3. The van der Waals surface area contributed by atoms with Crippen LogP contribution in [0.2, 0.25) is 0 Å². The summed E-state index contributed by atoms with van der Waals surface area (Å²) in [6.07, 6.45) is 5.60. The van der Waals surface area contributed by atoms with Gasteiger partial charge in [0.05, 0.1) is 11.7 Å². The fraction of sp³-hybridized carbons (Fsp3) is 0.600. The van der Waals surface area contributed by atoms with Gasteiger partial charge in [0.15, 0.2) is 0 Å². The van der Waals surface area contributed by atoms with Crippen molar-refractivity contribution in [3.63, 3.8) is 0 Å². The number of epoxide rings is 1. The summed E-state index contributed by atoms with van der Waals surface area (Å²) in [6, 6.07) is 0. The first-order valence-electron chi connectivity index (χ1n) is 4.04. The van der Waals surface area contributed by atoms with Gasteiger partial charge >= 0.3 is 0 Å². The van der Waals surface area contributed by atoms with Crippen molar-refractivity contribution < 1.29 is 4.74 Å². The molecule has 2 atom stereocenters. The van der Waals surface area contributed by atoms with E-state index in [9.17, 15) is 0 Å². The quantitative estimate of drug-likeness (QED) is 0.447. The molecule has 0 N–H and O–H groups in total. The first-order valence-corrected chi connectivity index (χ1v) is 4.04. The molecule has 0 radical (unpaired) electrons. The smallest absolute Gasteiger partial charge is 0.0951 e. The molecular weight excluding hydrogens is 136 g/mol. The summed E-state index contributed by atoms with van der Waals surface area (Å²) in [5.74, 6) is 0. The van der Waals surface area contributed by atoms with Crippen molar-refractivity contribution in [1.82, 2.24) is 0 Å². The Bertz CT molecular complexity index is 193. The lowest BCUT2D eigenvalue weighted by molar-refractivity contribution is 0.313. The van der Waals surface area contributed by atoms with Gasteiger partial charge < -0.3 is 4.74 Å². The monoisotopic (exact) mass is 152 g/mol. The van der Waals surface area contributed by atoms with Gasteiger partial charge in [-0.2, -0.15) is 0 Å². The third kappa shape index (κ3) is 2.19. The number of hydrogen-bond acceptors (Lipinski definition) is 1. The molecule has 0 aromatic rings. The molecule has 1 aliphatic heterocycles. The first-order chi connectivity index (χ1) is 5.04. The van der Waals surface area contributed by atoms with Gasteiger partial charge in [-0.3, -0.25) is 0 Å². The number of ether oxygens (including phenoxy) is 1. The summed E-state index contributed by atoms with van der Waals surface area (Å²) < 4.78 is 5.41. The van der Waals surface area contributed by atoms with Crippen molar-refractivity contribution in [2.45, 2.75) is 38.9 Å². The van der Waals surface area contributed by atoms with Crippen LogP contribution in [0.3, 0.4) is 0 Å². The fourth-order valence-corrected chi connectivity index (χ4v) is 1.08. The lowest BCUT2D eigenvalue weighted by atomic mass is 10.0. The molecule has 0 aromatic heterocycles. The Hall–Kier alpha value is -0.560. The Balaban J connectivity index is 2.28. The molecule has 1 heteroatoms. The second-order valence-electron chi connectivity index (χ2n) is 3.53. The predicted molar refractivity (Wildman–Crippen MR) is 47.5 cm³/mol. The summed E-state index contributed by atoms with van der Waals surface area (Å²) in [4.78, 5) is 0. The first kappa shape index (κ1) is 8.54. The van der Waals surface area contributed by atoms with E-state index in [1.165, 1.54) is 0 Å². The molecule has 0 aliphatic carbocycles. The van der Waals surface area contributed by atoms with Crippen LogP contribution in [0.5, 0.6) is 0 Å². The van der Waals surface area contributed by atoms with E-state index in [4.69, 9.17) is 4.74 Å². The molecule has 1 nitrogen and oxygen atoms in total. The highest BCUT2D eigenvalue weighted by Gasteiger charge is 2.47. The van der Waals surface area contributed by atoms with Crippen LogP contribution < -0.4 is 0 Å². The highest BCUT2D eigenvalue weighted by Crippen LogP contribution is 2.38. The molecule has 1 heterocycles. The highest BCUT2D eigenvalue weighted by atomic mass is 16.6. The third-order valence-corrected chi connectivity index (χ3v) is 2.17. The van der Waals surface area contributed by atoms with E-state index in [-0.39, 0.29) is 5.60 Å². The topological polar surface area (TPSA) is 12.5 Å². The second-order valence-corrected chi connectivity index (χ2v) is 3.53. The van der Waals surface area contributed by atoms with Gasteiger partial charge in [-0.05, 0) is 27.2 Å². The third-order valence-electron chi connectivity index (χ3n) is 2.17. The van der Waals surface area contributed by atoms with Crippen LogP contribution >= 0.6 is 0 Å². The summed E-state index contributed by atoms with van der Waals surface area (Å²) in [5, 5.41) is 0. The Morgan fingerprint density at radius 1 is 1.73 bits per heavy atom. The maximum Gasteiger partial charge on any atom is 0.0951 e. The van der Waals surface area contributed by atoms with E-state index in [2.05, 4.69) is 26.5 Å². The standard InChI is InChI=1S/C10H16O/c1-8(2)6-5-7-10(4)9(3)11-10/h5-6,9H,1,7H2,2-4H3. The molecule has 1 rings (SSSR count). The molecule has 0 aromatic carbocycles. The molecule has 1 aliphatic rings. The second kappa shape index (κ2) is 2.82. The Labute approximate surface area is 68.8 Å². The van der Waals surface area contributed by atoms with Crippen LogP contribution in [0.25, 0.3) is 0 Å². The number of allylic oxidation sites excluding steroid dienone is 2. The maximum absolute atomic E-state index is 5.41. The van der Waals surface area contributed by atoms with Crippen molar-refractivity contribution in [2.75, 3.05) is 0 Å². The zero-order valence-corrected chi connectivity index (χ0v) is 7.55. The summed E-state index contributed by atoms with van der Waals surface area (Å²) in [5.41, 5.74) is 1.22. The molecule has 62 valence electrons. The van der Waals surface area contributed by atoms with Crippen molar-refractivity contribution in [3.8, 4) is 0 Å². The van der Waals surface area contributed by atoms with E-state index in [0.717, 1.165) is 12.0 Å². The van der Waals surface area contributed by atoms with Crippen LogP contribution in [0.1, 0.15) is 27.2 Å². The predicted octanol–water partition coefficient (Wildman–Crippen LogP) is 2.69. The molecule has 0 spiro atoms. The van der Waals surface area contributed by atoms with Crippen LogP contribution in [-0.4, -0.2) is 11.7 Å². The lowest BCUT2D eigenvalue weighted by Gasteiger charge is -1.98. The summed E-state index contributed by atoms with van der Waals surface area (Å²) >= 11 is 0. The lowest BCUT2D eigenvalue weighted by Crippen LogP contribution is -2.05. The van der Waals surface area contributed by atoms with E-state index in [1.807, 2.05) is 13.0 Å². The van der Waals surface area contributed by atoms with Gasteiger partial charge in [-0.1, -0.05) is 24.3 Å². The zero-order chi connectivity index (χ0) is 8.48. The molecule has 1 saturated heterocycles. The minimum atomic E-state index is 0.117. The van der Waals surface area contributed by atoms with E-state index in [0.29, 0.717) is 6.10 Å². The van der Waals surface area contributed by atoms with Crippen molar-refractivity contribution in [2.24, 2.45) is 0 Å². The van der Waals surface area contributed by atoms with E-state index < -0.39 is 0 Å². The van der Waals surface area contributed by atoms with E-state index in [1.54, 1.807) is 0 Å². The molecule has 0 amide bonds. The van der Waals surface area contributed by atoms with Crippen LogP contribution in [0.4, 0.5) is 0 Å². The number of hydrogen-bond donors (Lipinski definition) is 0. The van der Waals surface area contributed by atoms with E-state index >= 15 is 0 Å². The minimum Gasteiger partial charge on any atom is -0.366 e.